The quantitative estimate of drug-likeness (QED) is 0.642. The van der Waals surface area contributed by atoms with Crippen molar-refractivity contribution < 1.29 is 4.79 Å². The van der Waals surface area contributed by atoms with Gasteiger partial charge in [-0.1, -0.05) is 36.4 Å². The van der Waals surface area contributed by atoms with Gasteiger partial charge in [0.05, 0.1) is 17.3 Å². The second-order valence-corrected chi connectivity index (χ2v) is 6.42. The van der Waals surface area contributed by atoms with Gasteiger partial charge in [0.15, 0.2) is 0 Å². The average Bonchev–Trinajstić information content (AvgIpc) is 2.79. The fourth-order valence-corrected chi connectivity index (χ4v) is 3.34. The van der Waals surface area contributed by atoms with Gasteiger partial charge in [-0.05, 0) is 53.6 Å². The van der Waals surface area contributed by atoms with E-state index in [0.717, 1.165) is 34.4 Å². The molecule has 1 aliphatic heterocycles. The van der Waals surface area contributed by atoms with Gasteiger partial charge in [-0.2, -0.15) is 5.26 Å². The third-order valence-electron chi connectivity index (χ3n) is 4.68. The van der Waals surface area contributed by atoms with E-state index in [4.69, 9.17) is 0 Å². The zero-order chi connectivity index (χ0) is 19.3. The summed E-state index contributed by atoms with van der Waals surface area (Å²) in [7, 11) is 0. The summed E-state index contributed by atoms with van der Waals surface area (Å²) < 4.78 is 0. The Morgan fingerprint density at radius 1 is 1.00 bits per heavy atom. The van der Waals surface area contributed by atoms with Gasteiger partial charge in [0, 0.05) is 23.7 Å². The first kappa shape index (κ1) is 17.4. The van der Waals surface area contributed by atoms with Crippen LogP contribution in [0, 0.1) is 11.3 Å². The van der Waals surface area contributed by atoms with Crippen LogP contribution in [0.4, 0.5) is 5.69 Å². The van der Waals surface area contributed by atoms with Crippen LogP contribution in [0.25, 0.3) is 11.1 Å². The summed E-state index contributed by atoms with van der Waals surface area (Å²) in [6.07, 6.45) is 6.62. The lowest BCUT2D eigenvalue weighted by Crippen LogP contribution is -2.35. The molecule has 0 N–H and O–H groups in total. The van der Waals surface area contributed by atoms with Gasteiger partial charge in [-0.25, -0.2) is 0 Å². The number of pyridine rings is 1. The molecule has 1 aliphatic rings. The predicted molar refractivity (Wildman–Crippen MR) is 110 cm³/mol. The number of hydrogen-bond donors (Lipinski definition) is 0. The van der Waals surface area contributed by atoms with Crippen molar-refractivity contribution in [1.29, 1.82) is 5.26 Å². The molecule has 0 amide bonds. The standard InChI is InChI=1S/C24H17N3O/c25-15-18-7-6-8-19(13-18)22-14-20(23-11-4-5-12-26-23)16-27(24(22)17-28)21-9-2-1-3-10-21/h1-14,16-17,24H. The minimum Gasteiger partial charge on any atom is -0.333 e. The fourth-order valence-electron chi connectivity index (χ4n) is 3.34. The first-order valence-electron chi connectivity index (χ1n) is 8.94. The number of nitriles is 1. The van der Waals surface area contributed by atoms with Crippen molar-refractivity contribution in [3.8, 4) is 6.07 Å². The van der Waals surface area contributed by atoms with E-state index in [1.54, 1.807) is 12.3 Å². The summed E-state index contributed by atoms with van der Waals surface area (Å²) in [4.78, 5) is 18.5. The molecule has 0 fully saturated rings. The molecule has 134 valence electrons. The Kier molecular flexibility index (Phi) is 4.81. The molecule has 28 heavy (non-hydrogen) atoms. The van der Waals surface area contributed by atoms with E-state index >= 15 is 0 Å². The molecule has 1 atom stereocenters. The van der Waals surface area contributed by atoms with Crippen molar-refractivity contribution >= 4 is 23.1 Å². The predicted octanol–water partition coefficient (Wildman–Crippen LogP) is 4.47. The zero-order valence-corrected chi connectivity index (χ0v) is 15.1. The van der Waals surface area contributed by atoms with E-state index in [1.165, 1.54) is 0 Å². The summed E-state index contributed by atoms with van der Waals surface area (Å²) >= 11 is 0. The highest BCUT2D eigenvalue weighted by Crippen LogP contribution is 2.34. The van der Waals surface area contributed by atoms with Crippen molar-refractivity contribution in [3.05, 3.63) is 108 Å². The van der Waals surface area contributed by atoms with E-state index in [9.17, 15) is 10.1 Å². The Balaban J connectivity index is 1.89. The van der Waals surface area contributed by atoms with Crippen molar-refractivity contribution in [2.45, 2.75) is 6.04 Å². The number of aromatic nitrogens is 1. The van der Waals surface area contributed by atoms with Crippen molar-refractivity contribution in [2.24, 2.45) is 0 Å². The molecule has 2 aromatic carbocycles. The summed E-state index contributed by atoms with van der Waals surface area (Å²) in [5.74, 6) is 0. The van der Waals surface area contributed by atoms with Crippen molar-refractivity contribution in [1.82, 2.24) is 4.98 Å². The Morgan fingerprint density at radius 3 is 2.54 bits per heavy atom. The van der Waals surface area contributed by atoms with Crippen LogP contribution in [0.1, 0.15) is 16.8 Å². The Hall–Kier alpha value is -3.97. The molecular weight excluding hydrogens is 346 g/mol. The molecule has 4 nitrogen and oxygen atoms in total. The second kappa shape index (κ2) is 7.73. The number of benzene rings is 2. The number of nitrogens with zero attached hydrogens (tertiary/aromatic N) is 3. The van der Waals surface area contributed by atoms with E-state index in [2.05, 4.69) is 11.1 Å². The van der Waals surface area contributed by atoms with Crippen LogP contribution in [-0.2, 0) is 4.79 Å². The van der Waals surface area contributed by atoms with E-state index in [1.807, 2.05) is 83.9 Å². The monoisotopic (exact) mass is 363 g/mol. The Bertz CT molecular complexity index is 1100. The zero-order valence-electron chi connectivity index (χ0n) is 15.1. The molecule has 4 rings (SSSR count). The summed E-state index contributed by atoms with van der Waals surface area (Å²) in [5.41, 5.74) is 4.87. The molecule has 1 aromatic heterocycles. The molecule has 0 radical (unpaired) electrons. The van der Waals surface area contributed by atoms with Gasteiger partial charge < -0.3 is 9.69 Å². The lowest BCUT2D eigenvalue weighted by Gasteiger charge is -2.33. The van der Waals surface area contributed by atoms with E-state index in [-0.39, 0.29) is 0 Å². The fraction of sp³-hybridized carbons (Fsp3) is 0.0417. The maximum Gasteiger partial charge on any atom is 0.147 e. The van der Waals surface area contributed by atoms with Gasteiger partial charge in [0.25, 0.3) is 0 Å². The lowest BCUT2D eigenvalue weighted by molar-refractivity contribution is -0.107. The highest BCUT2D eigenvalue weighted by atomic mass is 16.1. The van der Waals surface area contributed by atoms with Gasteiger partial charge in [-0.15, -0.1) is 0 Å². The number of para-hydroxylation sites is 1. The minimum atomic E-state index is -0.496. The van der Waals surface area contributed by atoms with Crippen LogP contribution in [0.5, 0.6) is 0 Å². The molecule has 0 saturated heterocycles. The molecule has 4 heteroatoms. The van der Waals surface area contributed by atoms with Crippen LogP contribution in [0.15, 0.2) is 91.3 Å². The van der Waals surface area contributed by atoms with Gasteiger partial charge in [0.1, 0.15) is 12.3 Å². The second-order valence-electron chi connectivity index (χ2n) is 6.42. The third kappa shape index (κ3) is 3.34. The number of carbonyl (C=O) groups is 1. The molecule has 0 spiro atoms. The highest BCUT2D eigenvalue weighted by molar-refractivity contribution is 5.98. The molecule has 0 bridgehead atoms. The molecule has 1 unspecified atom stereocenters. The van der Waals surface area contributed by atoms with E-state index < -0.39 is 6.04 Å². The normalized spacial score (nSPS) is 16.0. The van der Waals surface area contributed by atoms with Crippen LogP contribution >= 0.6 is 0 Å². The minimum absolute atomic E-state index is 0.496. The molecular formula is C24H17N3O. The number of aldehydes is 1. The largest absolute Gasteiger partial charge is 0.333 e. The van der Waals surface area contributed by atoms with Crippen LogP contribution < -0.4 is 4.90 Å². The van der Waals surface area contributed by atoms with E-state index in [0.29, 0.717) is 5.56 Å². The van der Waals surface area contributed by atoms with Gasteiger partial charge in [0.2, 0.25) is 0 Å². The van der Waals surface area contributed by atoms with Crippen LogP contribution in [-0.4, -0.2) is 17.3 Å². The molecule has 3 aromatic rings. The number of carbonyl (C=O) groups excluding carboxylic acids is 1. The molecule has 2 heterocycles. The molecule has 0 saturated carbocycles. The highest BCUT2D eigenvalue weighted by Gasteiger charge is 2.27. The third-order valence-corrected chi connectivity index (χ3v) is 4.68. The molecule has 0 aliphatic carbocycles. The first-order valence-corrected chi connectivity index (χ1v) is 8.94. The first-order chi connectivity index (χ1) is 13.8. The van der Waals surface area contributed by atoms with Crippen molar-refractivity contribution in [3.63, 3.8) is 0 Å². The van der Waals surface area contributed by atoms with Gasteiger partial charge in [-0.3, -0.25) is 4.98 Å². The topological polar surface area (TPSA) is 57.0 Å². The van der Waals surface area contributed by atoms with Gasteiger partial charge >= 0.3 is 0 Å². The lowest BCUT2D eigenvalue weighted by atomic mass is 9.91. The summed E-state index contributed by atoms with van der Waals surface area (Å²) in [6.45, 7) is 0. The SMILES string of the molecule is N#Cc1cccc(C2=CC(c3ccccn3)=CN(c3ccccc3)C2C=O)c1. The summed E-state index contributed by atoms with van der Waals surface area (Å²) in [6, 6.07) is 24.5. The van der Waals surface area contributed by atoms with Crippen molar-refractivity contribution in [2.75, 3.05) is 4.90 Å². The van der Waals surface area contributed by atoms with Crippen LogP contribution in [0.3, 0.4) is 0 Å². The average molecular weight is 363 g/mol. The summed E-state index contributed by atoms with van der Waals surface area (Å²) in [5, 5.41) is 9.27. The maximum absolute atomic E-state index is 12.1. The van der Waals surface area contributed by atoms with Crippen LogP contribution in [0.2, 0.25) is 0 Å². The Morgan fingerprint density at radius 2 is 1.82 bits per heavy atom. The Labute approximate surface area is 163 Å². The maximum atomic E-state index is 12.1. The number of rotatable bonds is 4. The number of hydrogen-bond acceptors (Lipinski definition) is 4. The smallest absolute Gasteiger partial charge is 0.147 e. The number of anilines is 1. The number of allylic oxidation sites excluding steroid dienone is 2.